The van der Waals surface area contributed by atoms with Crippen LogP contribution in [0.15, 0.2) is 0 Å². The molecule has 13 heteroatoms. The summed E-state index contributed by atoms with van der Waals surface area (Å²) >= 11 is 0. The van der Waals surface area contributed by atoms with Crippen LogP contribution in [0.5, 0.6) is 0 Å². The van der Waals surface area contributed by atoms with Gasteiger partial charge in [-0.3, -0.25) is 0 Å². The molecule has 1 unspecified atom stereocenters. The molecule has 0 aliphatic carbocycles. The molecule has 0 aliphatic heterocycles. The zero-order valence-corrected chi connectivity index (χ0v) is 12.6. The zero-order chi connectivity index (χ0) is 21.7. The number of hydrogen-bond donors (Lipinski definition) is 0. The van der Waals surface area contributed by atoms with Gasteiger partial charge < -0.3 is 0 Å². The van der Waals surface area contributed by atoms with Crippen LogP contribution in [0.4, 0.5) is 52.7 Å². The van der Waals surface area contributed by atoms with E-state index in [2.05, 4.69) is 0 Å². The summed E-state index contributed by atoms with van der Waals surface area (Å²) in [4.78, 5) is 0. The lowest BCUT2D eigenvalue weighted by molar-refractivity contribution is -0.143. The summed E-state index contributed by atoms with van der Waals surface area (Å²) in [5, 5.41) is 8.87. The third-order valence-electron chi connectivity index (χ3n) is 3.53. The Balaban J connectivity index is 2.95. The van der Waals surface area contributed by atoms with Gasteiger partial charge in [-0.25, -0.2) is 39.5 Å². The number of nitrogens with zero attached hydrogens (tertiary/aromatic N) is 1. The molecule has 0 aromatic heterocycles. The number of alkyl halides is 3. The van der Waals surface area contributed by atoms with Crippen molar-refractivity contribution in [2.24, 2.45) is 0 Å². The maximum Gasteiger partial charge on any atom is 0.422 e. The predicted molar refractivity (Wildman–Crippen MR) is 65.0 cm³/mol. The molecule has 0 N–H and O–H groups in total. The molecular weight excluding hydrogens is 422 g/mol. The molecule has 1 atom stereocenters. The SMILES string of the molecule is N#CC(c1c(F)c(F)c(F)c(F)c1F)c1c(F)c(F)c(C(F)(F)F)c(F)c1F. The van der Waals surface area contributed by atoms with E-state index in [0.717, 1.165) is 0 Å². The van der Waals surface area contributed by atoms with E-state index in [1.54, 1.807) is 0 Å². The zero-order valence-electron chi connectivity index (χ0n) is 12.6. The van der Waals surface area contributed by atoms with E-state index < -0.39 is 81.1 Å². The standard InChI is InChI=1S/C15HF12N/c16-6-3(7(17)11(21)5(10(6)20)15(25,26)27)2(1-28)4-8(18)12(22)14(24)13(23)9(4)19/h2H. The van der Waals surface area contributed by atoms with Crippen LogP contribution in [0, 0.1) is 63.7 Å². The Hall–Kier alpha value is -2.91. The normalized spacial score (nSPS) is 12.8. The minimum absolute atomic E-state index is 0.654. The van der Waals surface area contributed by atoms with Gasteiger partial charge in [0, 0.05) is 0 Å². The second kappa shape index (κ2) is 6.92. The lowest BCUT2D eigenvalue weighted by Crippen LogP contribution is -2.20. The quantitative estimate of drug-likeness (QED) is 0.350. The van der Waals surface area contributed by atoms with Gasteiger partial charge in [0.2, 0.25) is 5.82 Å². The van der Waals surface area contributed by atoms with Crippen molar-refractivity contribution in [3.63, 3.8) is 0 Å². The van der Waals surface area contributed by atoms with Crippen LogP contribution in [0.1, 0.15) is 22.6 Å². The van der Waals surface area contributed by atoms with Gasteiger partial charge in [0.15, 0.2) is 46.5 Å². The second-order valence-corrected chi connectivity index (χ2v) is 5.09. The summed E-state index contributed by atoms with van der Waals surface area (Å²) in [6.45, 7) is 0. The molecule has 0 saturated heterocycles. The largest absolute Gasteiger partial charge is 0.422 e. The number of rotatable bonds is 2. The van der Waals surface area contributed by atoms with E-state index in [4.69, 9.17) is 5.26 Å². The van der Waals surface area contributed by atoms with Gasteiger partial charge in [0.1, 0.15) is 11.5 Å². The average Bonchev–Trinajstić information content (AvgIpc) is 2.61. The summed E-state index contributed by atoms with van der Waals surface area (Å²) in [5.41, 5.74) is -7.58. The summed E-state index contributed by atoms with van der Waals surface area (Å²) < 4.78 is 160. The van der Waals surface area contributed by atoms with Gasteiger partial charge in [-0.2, -0.15) is 18.4 Å². The van der Waals surface area contributed by atoms with Gasteiger partial charge in [-0.05, 0) is 0 Å². The first-order chi connectivity index (χ1) is 12.8. The van der Waals surface area contributed by atoms with E-state index >= 15 is 0 Å². The van der Waals surface area contributed by atoms with Gasteiger partial charge >= 0.3 is 6.18 Å². The van der Waals surface area contributed by atoms with Crippen LogP contribution in [-0.4, -0.2) is 0 Å². The van der Waals surface area contributed by atoms with Crippen molar-refractivity contribution in [3.05, 3.63) is 69.0 Å². The monoisotopic (exact) mass is 423 g/mol. The van der Waals surface area contributed by atoms with Crippen molar-refractivity contribution in [1.82, 2.24) is 0 Å². The lowest BCUT2D eigenvalue weighted by Gasteiger charge is -2.18. The highest BCUT2D eigenvalue weighted by Gasteiger charge is 2.44. The molecule has 0 bridgehead atoms. The van der Waals surface area contributed by atoms with E-state index in [0.29, 0.717) is 6.07 Å². The third kappa shape index (κ3) is 3.02. The number of nitriles is 1. The van der Waals surface area contributed by atoms with E-state index in [1.807, 2.05) is 0 Å². The van der Waals surface area contributed by atoms with Crippen molar-refractivity contribution in [3.8, 4) is 6.07 Å². The molecule has 0 spiro atoms. The van der Waals surface area contributed by atoms with Crippen LogP contribution >= 0.6 is 0 Å². The van der Waals surface area contributed by atoms with E-state index in [-0.39, 0.29) is 0 Å². The number of benzene rings is 2. The lowest BCUT2D eigenvalue weighted by atomic mass is 9.89. The van der Waals surface area contributed by atoms with Crippen LogP contribution in [0.3, 0.4) is 0 Å². The molecule has 2 aromatic rings. The van der Waals surface area contributed by atoms with Crippen molar-refractivity contribution >= 4 is 0 Å². The molecule has 0 fully saturated rings. The molecule has 0 aliphatic rings. The number of hydrogen-bond acceptors (Lipinski definition) is 1. The van der Waals surface area contributed by atoms with Crippen molar-refractivity contribution in [2.75, 3.05) is 0 Å². The molecule has 0 amide bonds. The predicted octanol–water partition coefficient (Wildman–Crippen LogP) is 5.61. The summed E-state index contributed by atoms with van der Waals surface area (Å²) in [6.07, 6.45) is -5.96. The first-order valence-electron chi connectivity index (χ1n) is 6.61. The highest BCUT2D eigenvalue weighted by atomic mass is 19.4. The molecular formula is C15HF12N. The third-order valence-corrected chi connectivity index (χ3v) is 3.53. The molecule has 2 aromatic carbocycles. The molecule has 0 saturated carbocycles. The summed E-state index contributed by atoms with van der Waals surface area (Å²) in [6, 6.07) is 0.654. The van der Waals surface area contributed by atoms with Crippen LogP contribution in [-0.2, 0) is 6.18 Å². The Morgan fingerprint density at radius 1 is 0.536 bits per heavy atom. The average molecular weight is 423 g/mol. The first kappa shape index (κ1) is 21.4. The van der Waals surface area contributed by atoms with Gasteiger partial charge in [-0.15, -0.1) is 0 Å². The molecule has 2 rings (SSSR count). The Kier molecular flexibility index (Phi) is 5.28. The van der Waals surface area contributed by atoms with Crippen LogP contribution < -0.4 is 0 Å². The molecule has 150 valence electrons. The van der Waals surface area contributed by atoms with Crippen LogP contribution in [0.2, 0.25) is 0 Å². The van der Waals surface area contributed by atoms with Crippen molar-refractivity contribution in [1.29, 1.82) is 5.26 Å². The molecule has 0 heterocycles. The molecule has 1 nitrogen and oxygen atoms in total. The molecule has 28 heavy (non-hydrogen) atoms. The maximum absolute atomic E-state index is 14.0. The summed E-state index contributed by atoms with van der Waals surface area (Å²) in [5.74, 6) is -28.8. The van der Waals surface area contributed by atoms with E-state index in [9.17, 15) is 52.7 Å². The minimum Gasteiger partial charge on any atom is -0.203 e. The maximum atomic E-state index is 14.0. The highest BCUT2D eigenvalue weighted by Crippen LogP contribution is 2.41. The minimum atomic E-state index is -5.96. The topological polar surface area (TPSA) is 23.8 Å². The smallest absolute Gasteiger partial charge is 0.203 e. The Morgan fingerprint density at radius 3 is 1.11 bits per heavy atom. The van der Waals surface area contributed by atoms with Crippen molar-refractivity contribution < 1.29 is 52.7 Å². The Bertz CT molecular complexity index is 960. The first-order valence-corrected chi connectivity index (χ1v) is 6.61. The van der Waals surface area contributed by atoms with Crippen LogP contribution in [0.25, 0.3) is 0 Å². The second-order valence-electron chi connectivity index (χ2n) is 5.09. The Labute approximate surface area is 146 Å². The fourth-order valence-corrected chi connectivity index (χ4v) is 2.30. The Morgan fingerprint density at radius 2 is 0.821 bits per heavy atom. The van der Waals surface area contributed by atoms with E-state index in [1.165, 1.54) is 0 Å². The number of halogens is 12. The fraction of sp³-hybridized carbons (Fsp3) is 0.133. The molecule has 0 radical (unpaired) electrons. The van der Waals surface area contributed by atoms with Gasteiger partial charge in [-0.1, -0.05) is 0 Å². The van der Waals surface area contributed by atoms with Gasteiger partial charge in [0.05, 0.1) is 17.2 Å². The summed E-state index contributed by atoms with van der Waals surface area (Å²) in [7, 11) is 0. The highest BCUT2D eigenvalue weighted by molar-refractivity contribution is 5.44. The van der Waals surface area contributed by atoms with Crippen molar-refractivity contribution in [2.45, 2.75) is 12.1 Å². The fourth-order valence-electron chi connectivity index (χ4n) is 2.30. The van der Waals surface area contributed by atoms with Gasteiger partial charge in [0.25, 0.3) is 0 Å².